The molecule has 19 heteroatoms. The number of nitrogens with zero attached hydrogens (tertiary/aromatic N) is 1. The number of ether oxygens (including phenoxy) is 5. The Bertz CT molecular complexity index is 2460. The van der Waals surface area contributed by atoms with Crippen LogP contribution in [-0.4, -0.2) is 89.9 Å². The standard InChI is InChI=1S/C42H48N6O11S.ClH/c1-42(2,3)27-21-34(39(56-5)35(22-27)48-60(6,53)54)47-41(52)46-33-11-12-36(32-10-8-7-9-31(32)33)59-29-13-14-43-37(24-29)45-28-19-26(20-30(23-28)55-4)40(51)44-15-16-57-17-18-58-25-38(49)50;/h7-14,19-24,48H,15-18,25H2,1-6H3,(H,43,45)(H,44,51)(H,49,50)(H2,46,47,52);1H. The van der Waals surface area contributed by atoms with Gasteiger partial charge < -0.3 is 50.1 Å². The van der Waals surface area contributed by atoms with E-state index in [1.807, 2.05) is 45.0 Å². The average Bonchev–Trinajstić information content (AvgIpc) is 3.18. The lowest BCUT2D eigenvalue weighted by Gasteiger charge is -2.24. The number of hydrogen-bond donors (Lipinski definition) is 6. The Kier molecular flexibility index (Phi) is 16.5. The molecule has 0 aliphatic carbocycles. The van der Waals surface area contributed by atoms with Gasteiger partial charge >= 0.3 is 12.0 Å². The van der Waals surface area contributed by atoms with E-state index < -0.39 is 28.6 Å². The van der Waals surface area contributed by atoms with Gasteiger partial charge in [-0.15, -0.1) is 12.4 Å². The van der Waals surface area contributed by atoms with Gasteiger partial charge in [0.1, 0.15) is 29.7 Å². The number of methoxy groups -OCH3 is 2. The van der Waals surface area contributed by atoms with Crippen LogP contribution in [0, 0.1) is 0 Å². The quantitative estimate of drug-likeness (QED) is 0.0446. The lowest BCUT2D eigenvalue weighted by Crippen LogP contribution is -2.27. The minimum Gasteiger partial charge on any atom is -0.497 e. The summed E-state index contributed by atoms with van der Waals surface area (Å²) in [5.41, 5.74) is 2.19. The number of rotatable bonds is 19. The van der Waals surface area contributed by atoms with E-state index in [4.69, 9.17) is 28.8 Å². The summed E-state index contributed by atoms with van der Waals surface area (Å²) in [5, 5.41) is 21.7. The molecule has 4 aromatic carbocycles. The number of benzene rings is 4. The van der Waals surface area contributed by atoms with Crippen molar-refractivity contribution in [1.82, 2.24) is 10.3 Å². The number of nitrogens with one attached hydrogen (secondary N) is 5. The smallest absolute Gasteiger partial charge is 0.329 e. The van der Waals surface area contributed by atoms with E-state index >= 15 is 0 Å². The number of urea groups is 1. The summed E-state index contributed by atoms with van der Waals surface area (Å²) in [7, 11) is -0.777. The molecule has 0 saturated heterocycles. The largest absolute Gasteiger partial charge is 0.497 e. The Hall–Kier alpha value is -6.34. The second-order valence-corrected chi connectivity index (χ2v) is 16.1. The lowest BCUT2D eigenvalue weighted by atomic mass is 9.86. The topological polar surface area (TPSA) is 225 Å². The van der Waals surface area contributed by atoms with Crippen LogP contribution in [0.3, 0.4) is 0 Å². The van der Waals surface area contributed by atoms with E-state index in [9.17, 15) is 22.8 Å². The van der Waals surface area contributed by atoms with Crippen LogP contribution in [-0.2, 0) is 29.7 Å². The zero-order valence-electron chi connectivity index (χ0n) is 34.4. The molecule has 1 heterocycles. The Morgan fingerprint density at radius 1 is 0.787 bits per heavy atom. The van der Waals surface area contributed by atoms with Crippen LogP contribution in [0.4, 0.5) is 33.4 Å². The van der Waals surface area contributed by atoms with Gasteiger partial charge in [0.15, 0.2) is 5.75 Å². The van der Waals surface area contributed by atoms with Crippen molar-refractivity contribution in [1.29, 1.82) is 0 Å². The van der Waals surface area contributed by atoms with E-state index in [-0.39, 0.29) is 67.2 Å². The predicted molar refractivity (Wildman–Crippen MR) is 236 cm³/mol. The van der Waals surface area contributed by atoms with Gasteiger partial charge in [0.25, 0.3) is 5.91 Å². The van der Waals surface area contributed by atoms with Crippen LogP contribution in [0.2, 0.25) is 0 Å². The highest BCUT2D eigenvalue weighted by Crippen LogP contribution is 2.40. The highest BCUT2D eigenvalue weighted by atomic mass is 35.5. The second-order valence-electron chi connectivity index (χ2n) is 14.3. The highest BCUT2D eigenvalue weighted by Gasteiger charge is 2.23. The van der Waals surface area contributed by atoms with Crippen LogP contribution in [0.5, 0.6) is 23.0 Å². The molecule has 61 heavy (non-hydrogen) atoms. The number of halogens is 1. The highest BCUT2D eigenvalue weighted by molar-refractivity contribution is 7.92. The molecular formula is C42H49ClN6O11S. The lowest BCUT2D eigenvalue weighted by molar-refractivity contribution is -0.142. The summed E-state index contributed by atoms with van der Waals surface area (Å²) in [5.74, 6) is 0.541. The number of pyridine rings is 1. The van der Waals surface area contributed by atoms with Crippen LogP contribution in [0.25, 0.3) is 10.8 Å². The average molecular weight is 881 g/mol. The first-order valence-electron chi connectivity index (χ1n) is 18.6. The molecular weight excluding hydrogens is 832 g/mol. The Balaban J connectivity index is 0.00000819. The van der Waals surface area contributed by atoms with E-state index in [2.05, 4.69) is 31.0 Å². The third kappa shape index (κ3) is 13.9. The molecule has 0 bridgehead atoms. The molecule has 0 spiro atoms. The molecule has 326 valence electrons. The van der Waals surface area contributed by atoms with Gasteiger partial charge in [-0.3, -0.25) is 9.52 Å². The SMILES string of the molecule is COc1cc(Nc2cc(Oc3ccc(NC(=O)Nc4cc(C(C)(C)C)cc(NS(C)(=O)=O)c4OC)c4ccccc34)ccn2)cc(C(=O)NCCOCCOCC(=O)O)c1.Cl. The van der Waals surface area contributed by atoms with Crippen molar-refractivity contribution >= 4 is 79.7 Å². The van der Waals surface area contributed by atoms with Gasteiger partial charge in [0.2, 0.25) is 10.0 Å². The first kappa shape index (κ1) is 47.3. The maximum Gasteiger partial charge on any atom is 0.329 e. The summed E-state index contributed by atoms with van der Waals surface area (Å²) in [4.78, 5) is 41.4. The fraction of sp³-hybridized carbons (Fsp3) is 0.286. The number of hydrogen-bond acceptors (Lipinski definition) is 12. The van der Waals surface area contributed by atoms with Gasteiger partial charge in [0, 0.05) is 46.9 Å². The molecule has 0 radical (unpaired) electrons. The third-order valence-electron chi connectivity index (χ3n) is 8.60. The molecule has 3 amide bonds. The molecule has 6 N–H and O–H groups in total. The van der Waals surface area contributed by atoms with Gasteiger partial charge in [-0.2, -0.15) is 0 Å². The number of amides is 3. The van der Waals surface area contributed by atoms with Crippen LogP contribution >= 0.6 is 12.4 Å². The Morgan fingerprint density at radius 3 is 2.18 bits per heavy atom. The van der Waals surface area contributed by atoms with Gasteiger partial charge in [-0.1, -0.05) is 45.0 Å². The number of aromatic nitrogens is 1. The molecule has 0 aliphatic rings. The number of carboxylic acids is 1. The van der Waals surface area contributed by atoms with Crippen molar-refractivity contribution in [2.45, 2.75) is 26.2 Å². The van der Waals surface area contributed by atoms with E-state index in [0.29, 0.717) is 50.8 Å². The second kappa shape index (κ2) is 21.3. The number of carbonyl (C=O) groups excluding carboxylic acids is 2. The minimum absolute atomic E-state index is 0. The first-order chi connectivity index (χ1) is 28.5. The maximum atomic E-state index is 13.5. The van der Waals surface area contributed by atoms with Crippen molar-refractivity contribution in [2.24, 2.45) is 0 Å². The minimum atomic E-state index is -3.66. The van der Waals surface area contributed by atoms with Gasteiger partial charge in [-0.05, 0) is 53.4 Å². The van der Waals surface area contributed by atoms with Crippen molar-refractivity contribution < 1.29 is 51.6 Å². The number of carboxylic acid groups (broad SMARTS) is 1. The monoisotopic (exact) mass is 880 g/mol. The fourth-order valence-corrected chi connectivity index (χ4v) is 6.40. The molecule has 17 nitrogen and oxygen atoms in total. The molecule has 0 unspecified atom stereocenters. The van der Waals surface area contributed by atoms with Gasteiger partial charge in [0.05, 0.1) is 57.4 Å². The van der Waals surface area contributed by atoms with Crippen LogP contribution < -0.4 is 40.2 Å². The molecule has 0 aliphatic heterocycles. The Morgan fingerprint density at radius 2 is 1.49 bits per heavy atom. The summed E-state index contributed by atoms with van der Waals surface area (Å²) >= 11 is 0. The number of aliphatic carboxylic acids is 1. The molecule has 0 atom stereocenters. The zero-order valence-corrected chi connectivity index (χ0v) is 36.0. The van der Waals surface area contributed by atoms with E-state index in [1.54, 1.807) is 60.8 Å². The summed E-state index contributed by atoms with van der Waals surface area (Å²) in [6, 6.07) is 22.0. The van der Waals surface area contributed by atoms with Crippen molar-refractivity contribution in [3.05, 3.63) is 96.2 Å². The van der Waals surface area contributed by atoms with Crippen molar-refractivity contribution in [2.75, 3.05) is 74.1 Å². The third-order valence-corrected chi connectivity index (χ3v) is 9.19. The van der Waals surface area contributed by atoms with E-state index in [1.165, 1.54) is 14.2 Å². The molecule has 0 saturated carbocycles. The fourth-order valence-electron chi connectivity index (χ4n) is 5.85. The number of anilines is 5. The van der Waals surface area contributed by atoms with Crippen LogP contribution in [0.1, 0.15) is 36.7 Å². The maximum absolute atomic E-state index is 13.5. The number of sulfonamides is 1. The summed E-state index contributed by atoms with van der Waals surface area (Å²) < 4.78 is 54.4. The Labute approximate surface area is 359 Å². The number of carbonyl (C=O) groups is 3. The normalized spacial score (nSPS) is 11.2. The van der Waals surface area contributed by atoms with E-state index in [0.717, 1.165) is 11.8 Å². The predicted octanol–water partition coefficient (Wildman–Crippen LogP) is 7.37. The number of fused-ring (bicyclic) bond motifs is 1. The summed E-state index contributed by atoms with van der Waals surface area (Å²) in [6.45, 7) is 6.23. The van der Waals surface area contributed by atoms with Crippen LogP contribution in [0.15, 0.2) is 85.1 Å². The van der Waals surface area contributed by atoms with Crippen molar-refractivity contribution in [3.8, 4) is 23.0 Å². The summed E-state index contributed by atoms with van der Waals surface area (Å²) in [6.07, 6.45) is 2.61. The van der Waals surface area contributed by atoms with Gasteiger partial charge in [-0.25, -0.2) is 23.0 Å². The molecule has 1 aromatic heterocycles. The molecule has 5 aromatic rings. The van der Waals surface area contributed by atoms with Crippen molar-refractivity contribution in [3.63, 3.8) is 0 Å². The molecule has 5 rings (SSSR count). The first-order valence-corrected chi connectivity index (χ1v) is 20.5. The molecule has 0 fully saturated rings. The zero-order chi connectivity index (χ0) is 43.5.